The molecule has 2 aliphatic heterocycles. The average Bonchev–Trinajstić information content (AvgIpc) is 2.47. The van der Waals surface area contributed by atoms with Crippen molar-refractivity contribution in [2.45, 2.75) is 19.1 Å². The Bertz CT molecular complexity index is 364. The van der Waals surface area contributed by atoms with E-state index in [1.807, 2.05) is 16.7 Å². The lowest BCUT2D eigenvalue weighted by Gasteiger charge is -2.37. The number of carbonyl (C=O) groups is 2. The van der Waals surface area contributed by atoms with Crippen LogP contribution in [-0.2, 0) is 14.3 Å². The minimum atomic E-state index is -0.267. The number of ether oxygens (including phenoxy) is 1. The van der Waals surface area contributed by atoms with Crippen molar-refractivity contribution in [1.82, 2.24) is 20.4 Å². The Hall–Kier alpha value is -1.18. The molecule has 7 nitrogen and oxygen atoms in total. The van der Waals surface area contributed by atoms with Crippen LogP contribution in [0.2, 0.25) is 0 Å². The van der Waals surface area contributed by atoms with Gasteiger partial charge in [-0.1, -0.05) is 0 Å². The van der Waals surface area contributed by atoms with E-state index in [1.54, 1.807) is 7.05 Å². The van der Waals surface area contributed by atoms with Gasteiger partial charge in [-0.2, -0.15) is 0 Å². The molecule has 7 heteroatoms. The van der Waals surface area contributed by atoms with Gasteiger partial charge in [0.15, 0.2) is 0 Å². The number of nitrogens with zero attached hydrogens (tertiary/aromatic N) is 2. The van der Waals surface area contributed by atoms with Crippen LogP contribution in [0.1, 0.15) is 6.92 Å². The summed E-state index contributed by atoms with van der Waals surface area (Å²) in [6.45, 7) is 6.24. The third-order valence-electron chi connectivity index (χ3n) is 3.84. The number of hydrogen-bond acceptors (Lipinski definition) is 5. The summed E-state index contributed by atoms with van der Waals surface area (Å²) in [7, 11) is 1.63. The molecule has 2 heterocycles. The van der Waals surface area contributed by atoms with Crippen molar-refractivity contribution in [2.75, 3.05) is 52.9 Å². The van der Waals surface area contributed by atoms with Crippen LogP contribution >= 0.6 is 0 Å². The first-order chi connectivity index (χ1) is 9.61. The second-order valence-electron chi connectivity index (χ2n) is 5.33. The van der Waals surface area contributed by atoms with Gasteiger partial charge < -0.3 is 20.3 Å². The van der Waals surface area contributed by atoms with E-state index in [1.165, 1.54) is 0 Å². The lowest BCUT2D eigenvalue weighted by Crippen LogP contribution is -2.60. The van der Waals surface area contributed by atoms with Crippen LogP contribution in [0.4, 0.5) is 0 Å². The molecule has 0 saturated carbocycles. The quantitative estimate of drug-likeness (QED) is 0.643. The third kappa shape index (κ3) is 3.68. The minimum Gasteiger partial charge on any atom is -0.375 e. The first-order valence-corrected chi connectivity index (χ1v) is 7.17. The smallest absolute Gasteiger partial charge is 0.238 e. The van der Waals surface area contributed by atoms with Crippen molar-refractivity contribution in [3.63, 3.8) is 0 Å². The molecule has 0 aromatic heterocycles. The maximum atomic E-state index is 12.3. The van der Waals surface area contributed by atoms with Crippen molar-refractivity contribution in [3.8, 4) is 0 Å². The fourth-order valence-corrected chi connectivity index (χ4v) is 2.68. The molecule has 2 amide bonds. The first-order valence-electron chi connectivity index (χ1n) is 7.17. The van der Waals surface area contributed by atoms with E-state index in [9.17, 15) is 9.59 Å². The largest absolute Gasteiger partial charge is 0.375 e. The van der Waals surface area contributed by atoms with E-state index in [2.05, 4.69) is 10.6 Å². The molecule has 0 bridgehead atoms. The fourth-order valence-electron chi connectivity index (χ4n) is 2.68. The van der Waals surface area contributed by atoms with Gasteiger partial charge in [-0.25, -0.2) is 0 Å². The SMILES string of the molecule is CNC(=O)C1CNCCN1CC(=O)N1CCOC(C)C1. The molecular formula is C13H24N4O3. The maximum Gasteiger partial charge on any atom is 0.238 e. The predicted octanol–water partition coefficient (Wildman–Crippen LogP) is -1.75. The Kier molecular flexibility index (Phi) is 5.33. The topological polar surface area (TPSA) is 73.9 Å². The zero-order valence-electron chi connectivity index (χ0n) is 12.2. The summed E-state index contributed by atoms with van der Waals surface area (Å²) in [4.78, 5) is 28.0. The minimum absolute atomic E-state index is 0.0413. The van der Waals surface area contributed by atoms with E-state index >= 15 is 0 Å². The van der Waals surface area contributed by atoms with Gasteiger partial charge in [0.25, 0.3) is 0 Å². The number of morpholine rings is 1. The summed E-state index contributed by atoms with van der Waals surface area (Å²) in [5.41, 5.74) is 0. The van der Waals surface area contributed by atoms with E-state index in [0.717, 1.165) is 6.54 Å². The summed E-state index contributed by atoms with van der Waals surface area (Å²) in [5.74, 6) is 0.0382. The molecule has 0 aromatic carbocycles. The molecule has 20 heavy (non-hydrogen) atoms. The summed E-state index contributed by atoms with van der Waals surface area (Å²) in [5, 5.41) is 5.85. The first kappa shape index (κ1) is 15.2. The number of piperazine rings is 1. The number of hydrogen-bond donors (Lipinski definition) is 2. The van der Waals surface area contributed by atoms with Gasteiger partial charge in [0, 0.05) is 39.8 Å². The van der Waals surface area contributed by atoms with E-state index < -0.39 is 0 Å². The van der Waals surface area contributed by atoms with Gasteiger partial charge in [-0.15, -0.1) is 0 Å². The molecular weight excluding hydrogens is 260 g/mol. The summed E-state index contributed by atoms with van der Waals surface area (Å²) >= 11 is 0. The van der Waals surface area contributed by atoms with Crippen LogP contribution in [0.5, 0.6) is 0 Å². The van der Waals surface area contributed by atoms with Crippen LogP contribution in [0.25, 0.3) is 0 Å². The van der Waals surface area contributed by atoms with Crippen molar-refractivity contribution in [2.24, 2.45) is 0 Å². The lowest BCUT2D eigenvalue weighted by molar-refractivity contribution is -0.141. The van der Waals surface area contributed by atoms with Crippen LogP contribution in [0.15, 0.2) is 0 Å². The van der Waals surface area contributed by atoms with Crippen molar-refractivity contribution < 1.29 is 14.3 Å². The Labute approximate surface area is 119 Å². The number of likely N-dealkylation sites (N-methyl/N-ethyl adjacent to an activating group) is 1. The highest BCUT2D eigenvalue weighted by Crippen LogP contribution is 2.08. The highest BCUT2D eigenvalue weighted by atomic mass is 16.5. The molecule has 2 atom stereocenters. The normalized spacial score (nSPS) is 28.2. The van der Waals surface area contributed by atoms with Gasteiger partial charge >= 0.3 is 0 Å². The van der Waals surface area contributed by atoms with Gasteiger partial charge in [0.2, 0.25) is 11.8 Å². The van der Waals surface area contributed by atoms with E-state index in [4.69, 9.17) is 4.74 Å². The Balaban J connectivity index is 1.92. The predicted molar refractivity (Wildman–Crippen MR) is 74.3 cm³/mol. The van der Waals surface area contributed by atoms with Crippen LogP contribution in [-0.4, -0.2) is 86.7 Å². The molecule has 2 unspecified atom stereocenters. The monoisotopic (exact) mass is 284 g/mol. The van der Waals surface area contributed by atoms with Gasteiger partial charge in [-0.3, -0.25) is 14.5 Å². The van der Waals surface area contributed by atoms with Gasteiger partial charge in [-0.05, 0) is 6.92 Å². The molecule has 0 aliphatic carbocycles. The molecule has 2 rings (SSSR count). The molecule has 0 radical (unpaired) electrons. The van der Waals surface area contributed by atoms with Crippen molar-refractivity contribution in [3.05, 3.63) is 0 Å². The summed E-state index contributed by atoms with van der Waals surface area (Å²) in [6.07, 6.45) is 0.0884. The Morgan fingerprint density at radius 3 is 2.90 bits per heavy atom. The molecule has 2 fully saturated rings. The number of carbonyl (C=O) groups excluding carboxylic acids is 2. The summed E-state index contributed by atoms with van der Waals surface area (Å²) < 4.78 is 5.44. The van der Waals surface area contributed by atoms with E-state index in [-0.39, 0.29) is 24.0 Å². The second-order valence-corrected chi connectivity index (χ2v) is 5.33. The molecule has 0 aromatic rings. The lowest BCUT2D eigenvalue weighted by atomic mass is 10.1. The van der Waals surface area contributed by atoms with Crippen LogP contribution < -0.4 is 10.6 Å². The zero-order chi connectivity index (χ0) is 14.5. The van der Waals surface area contributed by atoms with Gasteiger partial charge in [0.05, 0.1) is 19.3 Å². The summed E-state index contributed by atoms with van der Waals surface area (Å²) in [6, 6.07) is -0.267. The highest BCUT2D eigenvalue weighted by Gasteiger charge is 2.31. The highest BCUT2D eigenvalue weighted by molar-refractivity contribution is 5.84. The van der Waals surface area contributed by atoms with Crippen LogP contribution in [0, 0.1) is 0 Å². The fraction of sp³-hybridized carbons (Fsp3) is 0.846. The maximum absolute atomic E-state index is 12.3. The second kappa shape index (κ2) is 7.01. The molecule has 2 N–H and O–H groups in total. The number of amides is 2. The molecule has 2 aliphatic rings. The third-order valence-corrected chi connectivity index (χ3v) is 3.84. The zero-order valence-corrected chi connectivity index (χ0v) is 12.2. The van der Waals surface area contributed by atoms with Crippen molar-refractivity contribution >= 4 is 11.8 Å². The Morgan fingerprint density at radius 1 is 1.40 bits per heavy atom. The Morgan fingerprint density at radius 2 is 2.20 bits per heavy atom. The van der Waals surface area contributed by atoms with Crippen molar-refractivity contribution in [1.29, 1.82) is 0 Å². The number of nitrogens with one attached hydrogen (secondary N) is 2. The standard InChI is InChI=1S/C13H24N4O3/c1-10-8-17(5-6-20-10)12(18)9-16-4-3-15-7-11(16)13(19)14-2/h10-11,15H,3-9H2,1-2H3,(H,14,19). The average molecular weight is 284 g/mol. The molecule has 114 valence electrons. The van der Waals surface area contributed by atoms with Crippen LogP contribution in [0.3, 0.4) is 0 Å². The van der Waals surface area contributed by atoms with Gasteiger partial charge in [0.1, 0.15) is 6.04 Å². The van der Waals surface area contributed by atoms with E-state index in [0.29, 0.717) is 39.3 Å². The molecule has 2 saturated heterocycles. The number of rotatable bonds is 3. The molecule has 0 spiro atoms.